The molecule has 0 aliphatic heterocycles. The minimum atomic E-state index is -0.132. The molecular formula is C23H24N4O2. The molecule has 0 aliphatic rings. The lowest BCUT2D eigenvalue weighted by molar-refractivity contribution is 0.0963. The molecule has 4 rings (SSSR count). The second-order valence-corrected chi connectivity index (χ2v) is 7.19. The summed E-state index contributed by atoms with van der Waals surface area (Å²) in [6, 6.07) is 11.8. The van der Waals surface area contributed by atoms with E-state index in [1.54, 1.807) is 7.05 Å². The van der Waals surface area contributed by atoms with Crippen molar-refractivity contribution in [2.45, 2.75) is 34.2 Å². The van der Waals surface area contributed by atoms with E-state index < -0.39 is 0 Å². The number of fused-ring (bicyclic) bond motifs is 1. The Morgan fingerprint density at radius 2 is 1.90 bits per heavy atom. The number of aryl methyl sites for hydroxylation is 4. The highest BCUT2D eigenvalue weighted by molar-refractivity contribution is 5.97. The standard InChI is InChI=1S/C23H24N4O2/c1-6-27-19-10-8-16(23(28)24-5)12-18(19)26-22(27)20-21(29-15(4)25-20)17-9-7-13(2)11-14(17)3/h7-12H,6H2,1-5H3,(H,24,28). The van der Waals surface area contributed by atoms with E-state index in [2.05, 4.69) is 53.8 Å². The third-order valence-electron chi connectivity index (χ3n) is 5.13. The first-order valence-corrected chi connectivity index (χ1v) is 9.70. The van der Waals surface area contributed by atoms with Gasteiger partial charge in [0.05, 0.1) is 11.0 Å². The fourth-order valence-electron chi connectivity index (χ4n) is 3.75. The molecule has 6 nitrogen and oxygen atoms in total. The fraction of sp³-hybridized carbons (Fsp3) is 0.261. The van der Waals surface area contributed by atoms with E-state index in [0.29, 0.717) is 17.1 Å². The number of carbonyl (C=O) groups excluding carboxylic acids is 1. The second-order valence-electron chi connectivity index (χ2n) is 7.19. The Bertz CT molecular complexity index is 1230. The molecule has 4 aromatic rings. The minimum Gasteiger partial charge on any atom is -0.440 e. The number of rotatable bonds is 4. The zero-order valence-corrected chi connectivity index (χ0v) is 17.3. The third-order valence-corrected chi connectivity index (χ3v) is 5.13. The van der Waals surface area contributed by atoms with E-state index in [1.807, 2.05) is 25.1 Å². The van der Waals surface area contributed by atoms with Gasteiger partial charge in [-0.25, -0.2) is 9.97 Å². The number of oxazole rings is 1. The van der Waals surface area contributed by atoms with Crippen LogP contribution in [0.4, 0.5) is 0 Å². The van der Waals surface area contributed by atoms with Gasteiger partial charge in [-0.05, 0) is 44.5 Å². The number of nitrogens with zero attached hydrogens (tertiary/aromatic N) is 3. The smallest absolute Gasteiger partial charge is 0.251 e. The van der Waals surface area contributed by atoms with Crippen molar-refractivity contribution in [3.63, 3.8) is 0 Å². The van der Waals surface area contributed by atoms with Crippen molar-refractivity contribution in [3.8, 4) is 22.8 Å². The van der Waals surface area contributed by atoms with Crippen molar-refractivity contribution < 1.29 is 9.21 Å². The molecule has 2 aromatic carbocycles. The lowest BCUT2D eigenvalue weighted by atomic mass is 10.0. The number of carbonyl (C=O) groups is 1. The van der Waals surface area contributed by atoms with Crippen LogP contribution in [0.3, 0.4) is 0 Å². The Morgan fingerprint density at radius 3 is 2.59 bits per heavy atom. The summed E-state index contributed by atoms with van der Waals surface area (Å²) in [7, 11) is 1.62. The Labute approximate surface area is 169 Å². The summed E-state index contributed by atoms with van der Waals surface area (Å²) in [6.07, 6.45) is 0. The van der Waals surface area contributed by atoms with E-state index in [0.717, 1.165) is 40.3 Å². The molecule has 0 spiro atoms. The van der Waals surface area contributed by atoms with Crippen LogP contribution in [0.1, 0.15) is 34.3 Å². The van der Waals surface area contributed by atoms with E-state index >= 15 is 0 Å². The summed E-state index contributed by atoms with van der Waals surface area (Å²) in [5, 5.41) is 2.66. The van der Waals surface area contributed by atoms with Crippen molar-refractivity contribution in [2.75, 3.05) is 7.05 Å². The first-order valence-electron chi connectivity index (χ1n) is 9.70. The molecule has 0 unspecified atom stereocenters. The summed E-state index contributed by atoms with van der Waals surface area (Å²) in [4.78, 5) is 21.5. The average Bonchev–Trinajstić information content (AvgIpc) is 3.26. The van der Waals surface area contributed by atoms with Crippen LogP contribution in [-0.2, 0) is 6.54 Å². The largest absolute Gasteiger partial charge is 0.440 e. The summed E-state index contributed by atoms with van der Waals surface area (Å²) in [5.41, 5.74) is 6.35. The van der Waals surface area contributed by atoms with Crippen LogP contribution in [0.15, 0.2) is 40.8 Å². The quantitative estimate of drug-likeness (QED) is 0.552. The average molecular weight is 388 g/mol. The number of amides is 1. The molecule has 1 N–H and O–H groups in total. The molecule has 2 heterocycles. The Kier molecular flexibility index (Phi) is 4.70. The SMILES string of the molecule is CCn1c(-c2nc(C)oc2-c2ccc(C)cc2C)nc2cc(C(=O)NC)ccc21. The number of benzene rings is 2. The number of aromatic nitrogens is 3. The molecule has 0 saturated carbocycles. The maximum Gasteiger partial charge on any atom is 0.251 e. The van der Waals surface area contributed by atoms with Crippen LogP contribution >= 0.6 is 0 Å². The number of nitrogens with one attached hydrogen (secondary N) is 1. The lowest BCUT2D eigenvalue weighted by Crippen LogP contribution is -2.17. The predicted octanol–water partition coefficient (Wildman–Crippen LogP) is 4.66. The minimum absolute atomic E-state index is 0.132. The van der Waals surface area contributed by atoms with Crippen LogP contribution < -0.4 is 5.32 Å². The third kappa shape index (κ3) is 3.20. The first-order chi connectivity index (χ1) is 13.9. The monoisotopic (exact) mass is 388 g/mol. The van der Waals surface area contributed by atoms with Crippen LogP contribution in [0.5, 0.6) is 0 Å². The van der Waals surface area contributed by atoms with Crippen LogP contribution in [0.2, 0.25) is 0 Å². The maximum absolute atomic E-state index is 12.0. The number of hydrogen-bond acceptors (Lipinski definition) is 4. The second kappa shape index (κ2) is 7.20. The van der Waals surface area contributed by atoms with Crippen molar-refractivity contribution in [1.82, 2.24) is 19.9 Å². The van der Waals surface area contributed by atoms with Crippen molar-refractivity contribution >= 4 is 16.9 Å². The molecule has 0 atom stereocenters. The number of hydrogen-bond donors (Lipinski definition) is 1. The summed E-state index contributed by atoms with van der Waals surface area (Å²) < 4.78 is 8.13. The van der Waals surface area contributed by atoms with Crippen LogP contribution in [0.25, 0.3) is 33.9 Å². The van der Waals surface area contributed by atoms with Crippen molar-refractivity contribution in [2.24, 2.45) is 0 Å². The van der Waals surface area contributed by atoms with Crippen molar-refractivity contribution in [1.29, 1.82) is 0 Å². The van der Waals surface area contributed by atoms with E-state index in [4.69, 9.17) is 9.40 Å². The van der Waals surface area contributed by atoms with Gasteiger partial charge in [-0.1, -0.05) is 23.8 Å². The van der Waals surface area contributed by atoms with Crippen LogP contribution in [-0.4, -0.2) is 27.5 Å². The first kappa shape index (κ1) is 18.9. The molecule has 6 heteroatoms. The summed E-state index contributed by atoms with van der Waals surface area (Å²) in [5.74, 6) is 1.92. The van der Waals surface area contributed by atoms with Gasteiger partial charge in [0.25, 0.3) is 5.91 Å². The van der Waals surface area contributed by atoms with Gasteiger partial charge in [0, 0.05) is 31.6 Å². The topological polar surface area (TPSA) is 73.0 Å². The van der Waals surface area contributed by atoms with E-state index in [-0.39, 0.29) is 5.91 Å². The molecule has 0 aliphatic carbocycles. The summed E-state index contributed by atoms with van der Waals surface area (Å²) in [6.45, 7) is 8.79. The zero-order valence-electron chi connectivity index (χ0n) is 17.3. The Morgan fingerprint density at radius 1 is 1.10 bits per heavy atom. The molecule has 148 valence electrons. The molecule has 2 aromatic heterocycles. The van der Waals surface area contributed by atoms with E-state index in [1.165, 1.54) is 5.56 Å². The van der Waals surface area contributed by atoms with Crippen molar-refractivity contribution in [3.05, 3.63) is 59.0 Å². The molecule has 29 heavy (non-hydrogen) atoms. The summed E-state index contributed by atoms with van der Waals surface area (Å²) >= 11 is 0. The zero-order chi connectivity index (χ0) is 20.7. The molecule has 1 amide bonds. The molecular weight excluding hydrogens is 364 g/mol. The van der Waals surface area contributed by atoms with Crippen LogP contribution in [0, 0.1) is 20.8 Å². The van der Waals surface area contributed by atoms with Gasteiger partial charge >= 0.3 is 0 Å². The predicted molar refractivity (Wildman–Crippen MR) is 114 cm³/mol. The van der Waals surface area contributed by atoms with Gasteiger partial charge in [0.15, 0.2) is 23.2 Å². The molecule has 0 fully saturated rings. The van der Waals surface area contributed by atoms with Gasteiger partial charge in [-0.15, -0.1) is 0 Å². The van der Waals surface area contributed by atoms with Gasteiger partial charge in [0.2, 0.25) is 0 Å². The lowest BCUT2D eigenvalue weighted by Gasteiger charge is -2.08. The molecule has 0 radical (unpaired) electrons. The highest BCUT2D eigenvalue weighted by atomic mass is 16.4. The van der Waals surface area contributed by atoms with E-state index in [9.17, 15) is 4.79 Å². The van der Waals surface area contributed by atoms with Gasteiger partial charge in [-0.3, -0.25) is 4.79 Å². The Balaban J connectivity index is 1.94. The van der Waals surface area contributed by atoms with Gasteiger partial charge in [-0.2, -0.15) is 0 Å². The normalized spacial score (nSPS) is 11.2. The fourth-order valence-corrected chi connectivity index (χ4v) is 3.75. The molecule has 0 bridgehead atoms. The number of imidazole rings is 1. The molecule has 0 saturated heterocycles. The van der Waals surface area contributed by atoms with Gasteiger partial charge < -0.3 is 14.3 Å². The highest BCUT2D eigenvalue weighted by Gasteiger charge is 2.23. The maximum atomic E-state index is 12.0. The Hall–Kier alpha value is -3.41. The van der Waals surface area contributed by atoms with Gasteiger partial charge in [0.1, 0.15) is 0 Å². The highest BCUT2D eigenvalue weighted by Crippen LogP contribution is 2.35.